The molecule has 0 bridgehead atoms. The molecule has 0 spiro atoms. The third-order valence-corrected chi connectivity index (χ3v) is 8.00. The number of hydrogen-bond donors (Lipinski definition) is 3. The Balaban J connectivity index is 0.000000611. The van der Waals surface area contributed by atoms with Crippen LogP contribution in [-0.4, -0.2) is 95.4 Å². The summed E-state index contributed by atoms with van der Waals surface area (Å²) in [6.07, 6.45) is 3.04. The highest BCUT2D eigenvalue weighted by atomic mass is 16.5. The molecule has 40 heavy (non-hydrogen) atoms. The Morgan fingerprint density at radius 3 is 2.25 bits per heavy atom. The lowest BCUT2D eigenvalue weighted by atomic mass is 9.90. The molecule has 0 radical (unpaired) electrons. The molecule has 8 heteroatoms. The summed E-state index contributed by atoms with van der Waals surface area (Å²) >= 11 is 0. The Morgan fingerprint density at radius 1 is 1.07 bits per heavy atom. The summed E-state index contributed by atoms with van der Waals surface area (Å²) < 4.78 is 5.45. The minimum Gasteiger partial charge on any atom is -0.396 e. The molecule has 8 nitrogen and oxygen atoms in total. The molecule has 226 valence electrons. The molecule has 0 unspecified atom stereocenters. The number of aliphatic hydroxyl groups excluding tert-OH is 2. The van der Waals surface area contributed by atoms with Crippen molar-refractivity contribution in [2.24, 2.45) is 10.4 Å². The number of ether oxygens (including phenoxy) is 1. The molecule has 0 saturated carbocycles. The number of aliphatic imine (C=N–C) groups is 1. The lowest BCUT2D eigenvalue weighted by molar-refractivity contribution is 0.0619. The number of pyridine rings is 1. The second kappa shape index (κ2) is 15.8. The van der Waals surface area contributed by atoms with Crippen molar-refractivity contribution in [3.8, 4) is 0 Å². The Kier molecular flexibility index (Phi) is 13.5. The van der Waals surface area contributed by atoms with Gasteiger partial charge in [-0.3, -0.25) is 9.89 Å². The summed E-state index contributed by atoms with van der Waals surface area (Å²) in [6.45, 7) is 23.9. The summed E-state index contributed by atoms with van der Waals surface area (Å²) in [7, 11) is 0. The van der Waals surface area contributed by atoms with E-state index in [1.165, 1.54) is 5.56 Å². The summed E-state index contributed by atoms with van der Waals surface area (Å²) in [4.78, 5) is 14.5. The fourth-order valence-electron chi connectivity index (χ4n) is 4.68. The minimum atomic E-state index is -0.264. The normalized spacial score (nSPS) is 15.8. The fourth-order valence-corrected chi connectivity index (χ4v) is 4.68. The van der Waals surface area contributed by atoms with E-state index in [2.05, 4.69) is 65.7 Å². The van der Waals surface area contributed by atoms with Crippen LogP contribution in [0.3, 0.4) is 0 Å². The number of aryl methyl sites for hydroxylation is 2. The highest BCUT2D eigenvalue weighted by molar-refractivity contribution is 5.94. The van der Waals surface area contributed by atoms with Gasteiger partial charge in [-0.1, -0.05) is 26.0 Å². The van der Waals surface area contributed by atoms with Crippen molar-refractivity contribution >= 4 is 28.1 Å². The number of benzene rings is 1. The van der Waals surface area contributed by atoms with E-state index >= 15 is 0 Å². The molecular formula is C32H55N5O3. The van der Waals surface area contributed by atoms with Gasteiger partial charge in [0.15, 0.2) is 0 Å². The molecule has 4 N–H and O–H groups in total. The maximum absolute atomic E-state index is 8.63. The van der Waals surface area contributed by atoms with Crippen LogP contribution in [0.2, 0.25) is 0 Å². The Labute approximate surface area is 242 Å². The van der Waals surface area contributed by atoms with Gasteiger partial charge < -0.3 is 25.6 Å². The second-order valence-corrected chi connectivity index (χ2v) is 12.4. The standard InChI is InChI=1S/C26H41N5O.C6H14O2/c1-7-32-18-19(2)28-24-20(3)22-11-10-21(17-23(22)29-25(24)27)9-8-12-30-13-15-31(16-14-30)26(4,5)6;1-3-6(2,4-7)5-8/h10-11,17H,7-9,12-16,18H2,1-6H3,(H2,27,29);7-8H,3-5H2,1-2H3. The van der Waals surface area contributed by atoms with Crippen molar-refractivity contribution in [3.63, 3.8) is 0 Å². The average Bonchev–Trinajstić information content (AvgIpc) is 2.93. The number of nitrogens with zero attached hydrogens (tertiary/aromatic N) is 4. The molecule has 0 atom stereocenters. The number of nitrogen functional groups attached to an aromatic ring is 1. The number of anilines is 1. The van der Waals surface area contributed by atoms with Crippen LogP contribution in [0.5, 0.6) is 0 Å². The van der Waals surface area contributed by atoms with E-state index in [0.29, 0.717) is 19.0 Å². The van der Waals surface area contributed by atoms with E-state index in [1.54, 1.807) is 0 Å². The molecular weight excluding hydrogens is 502 g/mol. The van der Waals surface area contributed by atoms with Crippen LogP contribution >= 0.6 is 0 Å². The van der Waals surface area contributed by atoms with Crippen LogP contribution in [0.1, 0.15) is 72.4 Å². The van der Waals surface area contributed by atoms with Crippen LogP contribution < -0.4 is 5.73 Å². The van der Waals surface area contributed by atoms with E-state index in [1.807, 2.05) is 27.7 Å². The molecule has 3 rings (SSSR count). The van der Waals surface area contributed by atoms with E-state index in [-0.39, 0.29) is 24.2 Å². The highest BCUT2D eigenvalue weighted by Crippen LogP contribution is 2.32. The maximum Gasteiger partial charge on any atom is 0.150 e. The molecule has 1 fully saturated rings. The molecule has 0 amide bonds. The largest absolute Gasteiger partial charge is 0.396 e. The number of piperazine rings is 1. The summed E-state index contributed by atoms with van der Waals surface area (Å²) in [5.74, 6) is 0.486. The smallest absolute Gasteiger partial charge is 0.150 e. The Hall–Kier alpha value is -2.10. The third kappa shape index (κ3) is 10.1. The van der Waals surface area contributed by atoms with Gasteiger partial charge >= 0.3 is 0 Å². The Morgan fingerprint density at radius 2 is 1.73 bits per heavy atom. The molecule has 1 aromatic heterocycles. The van der Waals surface area contributed by atoms with Crippen LogP contribution in [0.25, 0.3) is 10.9 Å². The lowest BCUT2D eigenvalue weighted by Gasteiger charge is -2.42. The van der Waals surface area contributed by atoms with Crippen molar-refractivity contribution < 1.29 is 14.9 Å². The molecule has 0 aliphatic carbocycles. The zero-order valence-corrected chi connectivity index (χ0v) is 26.4. The Bertz CT molecular complexity index is 1080. The SMILES string of the molecule is CCC(C)(CO)CO.CCOCC(C)=Nc1c(N)nc2cc(CCCN3CCN(C(C)(C)C)CC3)ccc2c1C. The van der Waals surface area contributed by atoms with Gasteiger partial charge in [-0.05, 0) is 84.5 Å². The molecule has 2 aromatic rings. The number of aromatic nitrogens is 1. The van der Waals surface area contributed by atoms with Crippen LogP contribution in [-0.2, 0) is 11.2 Å². The zero-order valence-electron chi connectivity index (χ0n) is 26.4. The lowest BCUT2D eigenvalue weighted by Crippen LogP contribution is -2.53. The van der Waals surface area contributed by atoms with Gasteiger partial charge in [-0.15, -0.1) is 0 Å². The molecule has 1 aliphatic rings. The van der Waals surface area contributed by atoms with E-state index in [0.717, 1.165) is 79.9 Å². The first-order valence-corrected chi connectivity index (χ1v) is 14.9. The van der Waals surface area contributed by atoms with Crippen LogP contribution in [0, 0.1) is 12.3 Å². The number of nitrogens with two attached hydrogens (primary N) is 1. The van der Waals surface area contributed by atoms with Crippen molar-refractivity contribution in [1.82, 2.24) is 14.8 Å². The first kappa shape index (κ1) is 34.1. The van der Waals surface area contributed by atoms with Gasteiger partial charge in [0.1, 0.15) is 11.5 Å². The molecule has 2 heterocycles. The number of hydrogen-bond acceptors (Lipinski definition) is 8. The van der Waals surface area contributed by atoms with Crippen molar-refractivity contribution in [1.29, 1.82) is 0 Å². The first-order chi connectivity index (χ1) is 18.9. The maximum atomic E-state index is 8.63. The molecule has 1 aromatic carbocycles. The predicted octanol–water partition coefficient (Wildman–Crippen LogP) is 4.99. The van der Waals surface area contributed by atoms with Crippen LogP contribution in [0.4, 0.5) is 11.5 Å². The molecule has 1 aliphatic heterocycles. The van der Waals surface area contributed by atoms with Crippen molar-refractivity contribution in [2.45, 2.75) is 80.2 Å². The topological polar surface area (TPSA) is 107 Å². The van der Waals surface area contributed by atoms with Crippen LogP contribution in [0.15, 0.2) is 23.2 Å². The number of aliphatic hydroxyl groups is 2. The van der Waals surface area contributed by atoms with Gasteiger partial charge in [0, 0.05) is 54.8 Å². The van der Waals surface area contributed by atoms with Crippen molar-refractivity contribution in [2.75, 3.05) is 64.9 Å². The van der Waals surface area contributed by atoms with E-state index < -0.39 is 0 Å². The number of rotatable bonds is 11. The quantitative estimate of drug-likeness (QED) is 0.334. The average molecular weight is 558 g/mol. The highest BCUT2D eigenvalue weighted by Gasteiger charge is 2.25. The molecule has 1 saturated heterocycles. The van der Waals surface area contributed by atoms with E-state index in [9.17, 15) is 0 Å². The van der Waals surface area contributed by atoms with Gasteiger partial charge in [-0.2, -0.15) is 0 Å². The minimum absolute atomic E-state index is 0.0694. The fraction of sp³-hybridized carbons (Fsp3) is 0.688. The third-order valence-electron chi connectivity index (χ3n) is 8.00. The predicted molar refractivity (Wildman–Crippen MR) is 169 cm³/mol. The van der Waals surface area contributed by atoms with Gasteiger partial charge in [0.2, 0.25) is 0 Å². The monoisotopic (exact) mass is 557 g/mol. The van der Waals surface area contributed by atoms with Gasteiger partial charge in [-0.25, -0.2) is 4.98 Å². The van der Waals surface area contributed by atoms with Crippen molar-refractivity contribution in [3.05, 3.63) is 29.3 Å². The summed E-state index contributed by atoms with van der Waals surface area (Å²) in [5, 5.41) is 18.4. The second-order valence-electron chi connectivity index (χ2n) is 12.4. The first-order valence-electron chi connectivity index (χ1n) is 14.9. The number of fused-ring (bicyclic) bond motifs is 1. The van der Waals surface area contributed by atoms with Gasteiger partial charge in [0.05, 0.1) is 25.3 Å². The zero-order chi connectivity index (χ0) is 29.9. The van der Waals surface area contributed by atoms with Gasteiger partial charge in [0.25, 0.3) is 0 Å². The summed E-state index contributed by atoms with van der Waals surface area (Å²) in [6, 6.07) is 6.59. The summed E-state index contributed by atoms with van der Waals surface area (Å²) in [5.41, 5.74) is 11.3. The van der Waals surface area contributed by atoms with E-state index in [4.69, 9.17) is 20.7 Å².